The van der Waals surface area contributed by atoms with Crippen molar-refractivity contribution in [3.8, 4) is 0 Å². The minimum Gasteiger partial charge on any atom is -0.375 e. The third-order valence-corrected chi connectivity index (χ3v) is 2.20. The van der Waals surface area contributed by atoms with E-state index in [-0.39, 0.29) is 0 Å². The van der Waals surface area contributed by atoms with Gasteiger partial charge in [-0.1, -0.05) is 13.8 Å². The van der Waals surface area contributed by atoms with Gasteiger partial charge in [0, 0.05) is 0 Å². The zero-order valence-electron chi connectivity index (χ0n) is 6.55. The Hall–Kier alpha value is -0.0400. The highest BCUT2D eigenvalue weighted by atomic mass is 16.5. The molecule has 0 amide bonds. The van der Waals surface area contributed by atoms with Crippen LogP contribution in [0.1, 0.15) is 33.6 Å². The second kappa shape index (κ2) is 2.70. The van der Waals surface area contributed by atoms with Crippen LogP contribution >= 0.6 is 0 Å². The topological polar surface area (TPSA) is 9.23 Å². The molecule has 0 N–H and O–H groups in total. The quantitative estimate of drug-likeness (QED) is 0.486. The van der Waals surface area contributed by atoms with Gasteiger partial charge in [-0.15, -0.1) is 0 Å². The second-order valence-electron chi connectivity index (χ2n) is 2.69. The number of ether oxygens (including phenoxy) is 1. The maximum Gasteiger partial charge on any atom is 0.0586 e. The summed E-state index contributed by atoms with van der Waals surface area (Å²) in [6.45, 7) is 6.18. The van der Waals surface area contributed by atoms with Crippen molar-refractivity contribution in [1.29, 1.82) is 0 Å². The average Bonchev–Trinajstić information content (AvgIpc) is 2.26. The van der Waals surface area contributed by atoms with E-state index < -0.39 is 0 Å². The first kappa shape index (κ1) is 7.07. The Bertz CT molecular complexity index is 84.6. The predicted molar refractivity (Wildman–Crippen MR) is 38.4 cm³/mol. The lowest BCUT2D eigenvalue weighted by Gasteiger charge is -2.18. The molecule has 1 unspecified atom stereocenters. The van der Waals surface area contributed by atoms with Gasteiger partial charge in [0.25, 0.3) is 0 Å². The molecule has 1 heteroatoms. The zero-order chi connectivity index (χ0) is 6.85. The molecule has 1 atom stereocenters. The lowest BCUT2D eigenvalue weighted by atomic mass is 9.84. The highest BCUT2D eigenvalue weighted by Crippen LogP contribution is 2.42. The van der Waals surface area contributed by atoms with Gasteiger partial charge in [0.2, 0.25) is 0 Å². The fourth-order valence-corrected chi connectivity index (χ4v) is 1.52. The van der Waals surface area contributed by atoms with Gasteiger partial charge in [-0.3, -0.25) is 0 Å². The van der Waals surface area contributed by atoms with Gasteiger partial charge >= 0.3 is 0 Å². The lowest BCUT2D eigenvalue weighted by molar-refractivity contribution is 0.0872. The Morgan fingerprint density at radius 3 is 1.89 bits per heavy atom. The van der Waals surface area contributed by atoms with Crippen molar-refractivity contribution in [3.05, 3.63) is 0 Å². The molecule has 2 heterocycles. The summed E-state index contributed by atoms with van der Waals surface area (Å²) < 4.78 is 5.44. The van der Waals surface area contributed by atoms with Crippen LogP contribution < -0.4 is 0 Å². The molecule has 2 bridgehead atoms. The van der Waals surface area contributed by atoms with Crippen LogP contribution in [-0.2, 0) is 4.74 Å². The summed E-state index contributed by atoms with van der Waals surface area (Å²) in [6.07, 6.45) is 3.95. The van der Waals surface area contributed by atoms with Gasteiger partial charge in [-0.05, 0) is 25.7 Å². The van der Waals surface area contributed by atoms with Crippen molar-refractivity contribution >= 4 is 0 Å². The van der Waals surface area contributed by atoms with E-state index >= 15 is 0 Å². The molecule has 3 aliphatic rings. The van der Waals surface area contributed by atoms with E-state index in [1.54, 1.807) is 0 Å². The Kier molecular flexibility index (Phi) is 2.12. The maximum absolute atomic E-state index is 5.44. The third-order valence-electron chi connectivity index (χ3n) is 2.20. The first-order valence-electron chi connectivity index (χ1n) is 4.02. The van der Waals surface area contributed by atoms with Crippen LogP contribution in [0.5, 0.6) is 0 Å². The first-order chi connectivity index (χ1) is 4.36. The van der Waals surface area contributed by atoms with Crippen LogP contribution in [0.4, 0.5) is 0 Å². The Morgan fingerprint density at radius 2 is 1.78 bits per heavy atom. The Labute approximate surface area is 57.4 Å². The lowest BCUT2D eigenvalue weighted by Crippen LogP contribution is -2.18. The summed E-state index contributed by atoms with van der Waals surface area (Å²) in [6, 6.07) is 0. The molecule has 54 valence electrons. The van der Waals surface area contributed by atoms with E-state index in [0.29, 0.717) is 12.2 Å². The van der Waals surface area contributed by atoms with Crippen molar-refractivity contribution in [2.45, 2.75) is 45.8 Å². The fourth-order valence-electron chi connectivity index (χ4n) is 1.52. The second-order valence-corrected chi connectivity index (χ2v) is 2.69. The van der Waals surface area contributed by atoms with Crippen molar-refractivity contribution < 1.29 is 4.74 Å². The molecule has 3 fully saturated rings. The normalized spacial score (nSPS) is 45.0. The number of hydrogen-bond donors (Lipinski definition) is 0. The first-order valence-corrected chi connectivity index (χ1v) is 4.02. The zero-order valence-corrected chi connectivity index (χ0v) is 6.55. The van der Waals surface area contributed by atoms with Gasteiger partial charge in [0.1, 0.15) is 0 Å². The average molecular weight is 128 g/mol. The van der Waals surface area contributed by atoms with Crippen LogP contribution in [0.15, 0.2) is 0 Å². The molecule has 0 radical (unpaired) electrons. The Balaban J connectivity index is 0.000000186. The summed E-state index contributed by atoms with van der Waals surface area (Å²) in [5.41, 5.74) is 0. The monoisotopic (exact) mass is 128 g/mol. The SMILES string of the molecule is CC.CC1OC2CC1C2. The molecule has 2 saturated heterocycles. The van der Waals surface area contributed by atoms with Crippen molar-refractivity contribution in [1.82, 2.24) is 0 Å². The van der Waals surface area contributed by atoms with Gasteiger partial charge < -0.3 is 4.74 Å². The van der Waals surface area contributed by atoms with Crippen LogP contribution in [0.3, 0.4) is 0 Å². The third kappa shape index (κ3) is 1.11. The van der Waals surface area contributed by atoms with Crippen molar-refractivity contribution in [2.24, 2.45) is 5.92 Å². The molecular formula is C8H16O. The molecule has 1 nitrogen and oxygen atoms in total. The molecule has 2 aliphatic heterocycles. The van der Waals surface area contributed by atoms with Crippen molar-refractivity contribution in [3.63, 3.8) is 0 Å². The molecule has 3 rings (SSSR count). The maximum atomic E-state index is 5.44. The molecule has 1 saturated carbocycles. The highest BCUT2D eigenvalue weighted by Gasteiger charge is 2.42. The van der Waals surface area contributed by atoms with Crippen LogP contribution in [0.25, 0.3) is 0 Å². The highest BCUT2D eigenvalue weighted by molar-refractivity contribution is 4.91. The smallest absolute Gasteiger partial charge is 0.0586 e. The van der Waals surface area contributed by atoms with E-state index in [1.165, 1.54) is 12.8 Å². The van der Waals surface area contributed by atoms with Crippen LogP contribution in [-0.4, -0.2) is 12.2 Å². The van der Waals surface area contributed by atoms with E-state index in [4.69, 9.17) is 4.74 Å². The summed E-state index contributed by atoms with van der Waals surface area (Å²) >= 11 is 0. The molecular weight excluding hydrogens is 112 g/mol. The van der Waals surface area contributed by atoms with Gasteiger partial charge in [0.05, 0.1) is 12.2 Å². The van der Waals surface area contributed by atoms with E-state index in [0.717, 1.165) is 5.92 Å². The molecule has 0 aromatic heterocycles. The van der Waals surface area contributed by atoms with Gasteiger partial charge in [0.15, 0.2) is 0 Å². The molecule has 0 aromatic carbocycles. The molecule has 0 aromatic rings. The predicted octanol–water partition coefficient (Wildman–Crippen LogP) is 2.21. The van der Waals surface area contributed by atoms with E-state index in [2.05, 4.69) is 6.92 Å². The molecule has 9 heavy (non-hydrogen) atoms. The summed E-state index contributed by atoms with van der Waals surface area (Å²) in [5, 5.41) is 0. The molecule has 0 spiro atoms. The van der Waals surface area contributed by atoms with Gasteiger partial charge in [-0.2, -0.15) is 0 Å². The van der Waals surface area contributed by atoms with E-state index in [1.807, 2.05) is 13.8 Å². The minimum atomic E-state index is 0.588. The number of fused-ring (bicyclic) bond motifs is 1. The molecule has 1 aliphatic carbocycles. The standard InChI is InChI=1S/C6H10O.C2H6/c1-4-5-2-6(3-5)7-4;1-2/h4-6H,2-3H2,1H3;1-2H3. The summed E-state index contributed by atoms with van der Waals surface area (Å²) in [4.78, 5) is 0. The van der Waals surface area contributed by atoms with E-state index in [9.17, 15) is 0 Å². The van der Waals surface area contributed by atoms with Crippen molar-refractivity contribution in [2.75, 3.05) is 0 Å². The fraction of sp³-hybridized carbons (Fsp3) is 1.00. The Morgan fingerprint density at radius 1 is 1.22 bits per heavy atom. The largest absolute Gasteiger partial charge is 0.375 e. The van der Waals surface area contributed by atoms with Crippen LogP contribution in [0.2, 0.25) is 0 Å². The van der Waals surface area contributed by atoms with Gasteiger partial charge in [-0.25, -0.2) is 0 Å². The number of rotatable bonds is 0. The minimum absolute atomic E-state index is 0.588. The van der Waals surface area contributed by atoms with Crippen LogP contribution in [0, 0.1) is 5.92 Å². The summed E-state index contributed by atoms with van der Waals surface area (Å²) in [7, 11) is 0. The number of hydrogen-bond acceptors (Lipinski definition) is 1. The summed E-state index contributed by atoms with van der Waals surface area (Å²) in [5.74, 6) is 0.935.